The van der Waals surface area contributed by atoms with Crippen LogP contribution in [0.4, 0.5) is 5.69 Å². The van der Waals surface area contributed by atoms with E-state index in [1.165, 1.54) is 17.7 Å². The average molecular weight is 299 g/mol. The van der Waals surface area contributed by atoms with Crippen molar-refractivity contribution in [2.75, 3.05) is 25.5 Å². The van der Waals surface area contributed by atoms with Gasteiger partial charge in [-0.05, 0) is 36.7 Å². The summed E-state index contributed by atoms with van der Waals surface area (Å²) in [4.78, 5) is 2.35. The topological polar surface area (TPSA) is 15.3 Å². The maximum Gasteiger partial charge on any atom is 0.0410 e. The Hall–Kier alpha value is -0.540. The molecule has 0 fully saturated rings. The summed E-state index contributed by atoms with van der Waals surface area (Å²) in [6, 6.07) is 6.50. The van der Waals surface area contributed by atoms with Gasteiger partial charge in [-0.25, -0.2) is 0 Å². The van der Waals surface area contributed by atoms with Crippen molar-refractivity contribution in [3.05, 3.63) is 28.2 Å². The number of rotatable bonds is 6. The van der Waals surface area contributed by atoms with Crippen LogP contribution in [0, 0.1) is 5.92 Å². The van der Waals surface area contributed by atoms with Crippen LogP contribution in [0.25, 0.3) is 0 Å². The van der Waals surface area contributed by atoms with Crippen molar-refractivity contribution in [2.24, 2.45) is 5.92 Å². The first kappa shape index (κ1) is 14.5. The van der Waals surface area contributed by atoms with E-state index in [-0.39, 0.29) is 0 Å². The van der Waals surface area contributed by atoms with Gasteiger partial charge in [0.05, 0.1) is 0 Å². The molecule has 0 aliphatic heterocycles. The maximum atomic E-state index is 3.53. The van der Waals surface area contributed by atoms with E-state index >= 15 is 0 Å². The number of nitrogens with one attached hydrogen (secondary N) is 1. The van der Waals surface area contributed by atoms with Gasteiger partial charge in [-0.3, -0.25) is 0 Å². The number of halogens is 1. The standard InChI is InChI=1S/C14H23BrN2/c1-5-11(2)10-17(4)14-7-6-13(15)8-12(14)9-16-3/h6-8,11,16H,5,9-10H2,1-4H3. The van der Waals surface area contributed by atoms with Crippen molar-refractivity contribution in [1.29, 1.82) is 0 Å². The van der Waals surface area contributed by atoms with Gasteiger partial charge in [0.2, 0.25) is 0 Å². The third-order valence-electron chi connectivity index (χ3n) is 3.10. The molecular formula is C14H23BrN2. The van der Waals surface area contributed by atoms with Crippen LogP contribution >= 0.6 is 15.9 Å². The highest BCUT2D eigenvalue weighted by Gasteiger charge is 2.10. The molecule has 1 aromatic carbocycles. The molecule has 0 saturated heterocycles. The molecule has 0 aliphatic carbocycles. The molecule has 0 aliphatic rings. The van der Waals surface area contributed by atoms with Crippen molar-refractivity contribution >= 4 is 21.6 Å². The molecule has 1 unspecified atom stereocenters. The number of nitrogens with zero attached hydrogens (tertiary/aromatic N) is 1. The lowest BCUT2D eigenvalue weighted by Crippen LogP contribution is -2.25. The summed E-state index contributed by atoms with van der Waals surface area (Å²) >= 11 is 3.53. The van der Waals surface area contributed by atoms with Gasteiger partial charge < -0.3 is 10.2 Å². The number of hydrogen-bond acceptors (Lipinski definition) is 2. The van der Waals surface area contributed by atoms with Gasteiger partial charge in [0.1, 0.15) is 0 Å². The van der Waals surface area contributed by atoms with Crippen LogP contribution < -0.4 is 10.2 Å². The van der Waals surface area contributed by atoms with E-state index in [1.807, 2.05) is 7.05 Å². The molecular weight excluding hydrogens is 276 g/mol. The molecule has 0 spiro atoms. The minimum Gasteiger partial charge on any atom is -0.374 e. The Labute approximate surface area is 114 Å². The van der Waals surface area contributed by atoms with E-state index < -0.39 is 0 Å². The summed E-state index contributed by atoms with van der Waals surface area (Å²) in [7, 11) is 4.16. The van der Waals surface area contributed by atoms with Crippen LogP contribution in [0.3, 0.4) is 0 Å². The smallest absolute Gasteiger partial charge is 0.0410 e. The Morgan fingerprint density at radius 2 is 2.12 bits per heavy atom. The normalized spacial score (nSPS) is 12.5. The van der Waals surface area contributed by atoms with E-state index in [0.29, 0.717) is 0 Å². The zero-order valence-corrected chi connectivity index (χ0v) is 12.8. The molecule has 0 bridgehead atoms. The van der Waals surface area contributed by atoms with Gasteiger partial charge in [-0.15, -0.1) is 0 Å². The lowest BCUT2D eigenvalue weighted by molar-refractivity contribution is 0.559. The molecule has 1 N–H and O–H groups in total. The highest BCUT2D eigenvalue weighted by molar-refractivity contribution is 9.10. The average Bonchev–Trinajstić information content (AvgIpc) is 2.29. The first-order chi connectivity index (χ1) is 8.08. The van der Waals surface area contributed by atoms with E-state index in [4.69, 9.17) is 0 Å². The number of anilines is 1. The molecule has 2 nitrogen and oxygen atoms in total. The quantitative estimate of drug-likeness (QED) is 0.862. The second-order valence-corrected chi connectivity index (χ2v) is 5.61. The van der Waals surface area contributed by atoms with Crippen molar-refractivity contribution in [1.82, 2.24) is 5.32 Å². The summed E-state index contributed by atoms with van der Waals surface area (Å²) in [5, 5.41) is 3.23. The molecule has 0 radical (unpaired) electrons. The molecule has 0 heterocycles. The van der Waals surface area contributed by atoms with Crippen molar-refractivity contribution in [2.45, 2.75) is 26.8 Å². The molecule has 17 heavy (non-hydrogen) atoms. The molecule has 0 saturated carbocycles. The van der Waals surface area contributed by atoms with Gasteiger partial charge in [0.25, 0.3) is 0 Å². The van der Waals surface area contributed by atoms with Gasteiger partial charge in [0.15, 0.2) is 0 Å². The fraction of sp³-hybridized carbons (Fsp3) is 0.571. The van der Waals surface area contributed by atoms with Crippen molar-refractivity contribution in [3.63, 3.8) is 0 Å². The molecule has 1 aromatic rings. The van der Waals surface area contributed by atoms with E-state index in [9.17, 15) is 0 Å². The molecule has 3 heteroatoms. The van der Waals surface area contributed by atoms with Crippen LogP contribution in [0.1, 0.15) is 25.8 Å². The molecule has 1 rings (SSSR count). The third-order valence-corrected chi connectivity index (χ3v) is 3.60. The maximum absolute atomic E-state index is 3.53. The Morgan fingerprint density at radius 3 is 2.71 bits per heavy atom. The summed E-state index contributed by atoms with van der Waals surface area (Å²) in [5.74, 6) is 0.728. The minimum atomic E-state index is 0.728. The van der Waals surface area contributed by atoms with Gasteiger partial charge in [-0.2, -0.15) is 0 Å². The zero-order valence-electron chi connectivity index (χ0n) is 11.3. The predicted octanol–water partition coefficient (Wildman–Crippen LogP) is 3.65. The van der Waals surface area contributed by atoms with Crippen LogP contribution in [-0.4, -0.2) is 20.6 Å². The predicted molar refractivity (Wildman–Crippen MR) is 79.6 cm³/mol. The van der Waals surface area contributed by atoms with Crippen molar-refractivity contribution in [3.8, 4) is 0 Å². The highest BCUT2D eigenvalue weighted by Crippen LogP contribution is 2.24. The van der Waals surface area contributed by atoms with Crippen LogP contribution in [0.2, 0.25) is 0 Å². The van der Waals surface area contributed by atoms with Crippen molar-refractivity contribution < 1.29 is 0 Å². The molecule has 96 valence electrons. The van der Waals surface area contributed by atoms with E-state index in [1.54, 1.807) is 0 Å². The fourth-order valence-electron chi connectivity index (χ4n) is 1.95. The Kier molecular flexibility index (Phi) is 6.00. The second-order valence-electron chi connectivity index (χ2n) is 4.70. The summed E-state index contributed by atoms with van der Waals surface area (Å²) in [6.45, 7) is 6.55. The van der Waals surface area contributed by atoms with E-state index in [0.717, 1.165) is 23.5 Å². The highest BCUT2D eigenvalue weighted by atomic mass is 79.9. The van der Waals surface area contributed by atoms with E-state index in [2.05, 4.69) is 65.2 Å². The van der Waals surface area contributed by atoms with Gasteiger partial charge in [0, 0.05) is 30.3 Å². The first-order valence-corrected chi connectivity index (χ1v) is 7.02. The first-order valence-electron chi connectivity index (χ1n) is 6.22. The SMILES string of the molecule is CCC(C)CN(C)c1ccc(Br)cc1CNC. The Morgan fingerprint density at radius 1 is 1.41 bits per heavy atom. The van der Waals surface area contributed by atoms with Crippen LogP contribution in [0.15, 0.2) is 22.7 Å². The molecule has 0 amide bonds. The third kappa shape index (κ3) is 4.32. The Bertz CT molecular complexity index is 352. The largest absolute Gasteiger partial charge is 0.374 e. The number of hydrogen-bond donors (Lipinski definition) is 1. The number of benzene rings is 1. The zero-order chi connectivity index (χ0) is 12.8. The fourth-order valence-corrected chi connectivity index (χ4v) is 2.36. The minimum absolute atomic E-state index is 0.728. The summed E-state index contributed by atoms with van der Waals surface area (Å²) in [5.41, 5.74) is 2.66. The summed E-state index contributed by atoms with van der Waals surface area (Å²) < 4.78 is 1.14. The monoisotopic (exact) mass is 298 g/mol. The Balaban J connectivity index is 2.87. The lowest BCUT2D eigenvalue weighted by atomic mass is 10.1. The molecule has 1 atom stereocenters. The molecule has 0 aromatic heterocycles. The van der Waals surface area contributed by atoms with Gasteiger partial charge in [-0.1, -0.05) is 36.2 Å². The van der Waals surface area contributed by atoms with Gasteiger partial charge >= 0.3 is 0 Å². The van der Waals surface area contributed by atoms with Crippen LogP contribution in [0.5, 0.6) is 0 Å². The second kappa shape index (κ2) is 7.02. The van der Waals surface area contributed by atoms with Crippen LogP contribution in [-0.2, 0) is 6.54 Å². The lowest BCUT2D eigenvalue weighted by Gasteiger charge is -2.25. The summed E-state index contributed by atoms with van der Waals surface area (Å²) in [6.07, 6.45) is 1.22.